The fourth-order valence-corrected chi connectivity index (χ4v) is 4.53. The molecule has 2 aromatic rings. The Kier molecular flexibility index (Phi) is 7.13. The minimum absolute atomic E-state index is 0.162. The third-order valence-electron chi connectivity index (χ3n) is 6.62. The molecule has 1 fully saturated rings. The van der Waals surface area contributed by atoms with Crippen molar-refractivity contribution < 1.29 is 23.4 Å². The molecule has 4 nitrogen and oxygen atoms in total. The number of allylic oxidation sites excluding steroid dienone is 2. The number of halogens is 1. The predicted molar refractivity (Wildman–Crippen MR) is 122 cm³/mol. The number of hydrogen-bond acceptors (Lipinski definition) is 4. The van der Waals surface area contributed by atoms with Crippen molar-refractivity contribution in [2.75, 3.05) is 20.8 Å². The van der Waals surface area contributed by atoms with Gasteiger partial charge in [0.25, 0.3) is 0 Å². The van der Waals surface area contributed by atoms with E-state index >= 15 is 0 Å². The van der Waals surface area contributed by atoms with Gasteiger partial charge < -0.3 is 14.2 Å². The molecule has 0 aliphatic heterocycles. The summed E-state index contributed by atoms with van der Waals surface area (Å²) in [6, 6.07) is 13.0. The first-order chi connectivity index (χ1) is 15.6. The molecule has 1 saturated carbocycles. The molecule has 0 N–H and O–H groups in total. The summed E-state index contributed by atoms with van der Waals surface area (Å²) in [5.74, 6) is 2.29. The molecule has 0 spiro atoms. The van der Waals surface area contributed by atoms with Crippen molar-refractivity contribution in [2.24, 2.45) is 11.8 Å². The second-order valence-electron chi connectivity index (χ2n) is 8.82. The summed E-state index contributed by atoms with van der Waals surface area (Å²) < 4.78 is 30.5. The van der Waals surface area contributed by atoms with Crippen molar-refractivity contribution >= 4 is 11.5 Å². The number of esters is 1. The molecule has 0 aromatic heterocycles. The van der Waals surface area contributed by atoms with E-state index in [1.54, 1.807) is 19.2 Å². The van der Waals surface area contributed by atoms with Crippen LogP contribution in [0.2, 0.25) is 0 Å². The van der Waals surface area contributed by atoms with E-state index in [9.17, 15) is 9.18 Å². The molecule has 170 valence electrons. The Bertz CT molecular complexity index is 979. The van der Waals surface area contributed by atoms with Crippen LogP contribution in [0, 0.1) is 17.7 Å². The molecule has 2 aliphatic rings. The summed E-state index contributed by atoms with van der Waals surface area (Å²) in [4.78, 5) is 11.8. The van der Waals surface area contributed by atoms with E-state index in [1.165, 1.54) is 13.2 Å². The topological polar surface area (TPSA) is 44.8 Å². The zero-order valence-electron chi connectivity index (χ0n) is 18.8. The summed E-state index contributed by atoms with van der Waals surface area (Å²) in [6.07, 6.45) is 7.51. The highest BCUT2D eigenvalue weighted by Crippen LogP contribution is 2.45. The lowest BCUT2D eigenvalue weighted by Gasteiger charge is -2.23. The zero-order valence-corrected chi connectivity index (χ0v) is 18.8. The van der Waals surface area contributed by atoms with Crippen LogP contribution in [0.15, 0.2) is 48.5 Å². The number of methoxy groups -OCH3 is 2. The second kappa shape index (κ2) is 10.2. The van der Waals surface area contributed by atoms with Crippen molar-refractivity contribution in [3.8, 4) is 11.5 Å². The van der Waals surface area contributed by atoms with Gasteiger partial charge in [-0.1, -0.05) is 18.2 Å². The number of carbonyl (C=O) groups excluding carboxylic acids is 1. The van der Waals surface area contributed by atoms with Gasteiger partial charge in [-0.15, -0.1) is 0 Å². The molecule has 2 unspecified atom stereocenters. The normalized spacial score (nSPS) is 19.1. The first kappa shape index (κ1) is 22.4. The number of hydrogen-bond donors (Lipinski definition) is 0. The van der Waals surface area contributed by atoms with Crippen LogP contribution in [0.3, 0.4) is 0 Å². The average molecular weight is 439 g/mol. The van der Waals surface area contributed by atoms with Crippen LogP contribution < -0.4 is 9.47 Å². The Morgan fingerprint density at radius 2 is 1.94 bits per heavy atom. The minimum atomic E-state index is -0.208. The number of ether oxygens (including phenoxy) is 3. The molecule has 0 bridgehead atoms. The van der Waals surface area contributed by atoms with Gasteiger partial charge in [0.2, 0.25) is 0 Å². The van der Waals surface area contributed by atoms with Gasteiger partial charge >= 0.3 is 5.97 Å². The largest absolute Gasteiger partial charge is 0.497 e. The monoisotopic (exact) mass is 438 g/mol. The van der Waals surface area contributed by atoms with Crippen molar-refractivity contribution in [2.45, 2.75) is 44.4 Å². The number of carbonyl (C=O) groups is 1. The summed E-state index contributed by atoms with van der Waals surface area (Å²) in [5, 5.41) is 0. The Hall–Kier alpha value is -2.82. The highest BCUT2D eigenvalue weighted by atomic mass is 19.1. The molecular weight excluding hydrogens is 407 g/mol. The number of rotatable bonds is 9. The van der Waals surface area contributed by atoms with Gasteiger partial charge in [-0.05, 0) is 91.3 Å². The van der Waals surface area contributed by atoms with Crippen LogP contribution >= 0.6 is 0 Å². The molecule has 32 heavy (non-hydrogen) atoms. The van der Waals surface area contributed by atoms with E-state index in [1.807, 2.05) is 12.1 Å². The molecule has 5 heteroatoms. The van der Waals surface area contributed by atoms with E-state index in [2.05, 4.69) is 18.2 Å². The van der Waals surface area contributed by atoms with Gasteiger partial charge in [-0.2, -0.15) is 0 Å². The summed E-state index contributed by atoms with van der Waals surface area (Å²) in [7, 11) is 3.04. The first-order valence-electron chi connectivity index (χ1n) is 11.4. The van der Waals surface area contributed by atoms with Crippen molar-refractivity contribution in [1.82, 2.24) is 0 Å². The minimum Gasteiger partial charge on any atom is -0.497 e. The van der Waals surface area contributed by atoms with Gasteiger partial charge in [0.05, 0.1) is 27.2 Å². The van der Waals surface area contributed by atoms with Gasteiger partial charge in [0.15, 0.2) is 0 Å². The summed E-state index contributed by atoms with van der Waals surface area (Å²) in [6.45, 7) is 0.624. The van der Waals surface area contributed by atoms with Gasteiger partial charge in [-0.3, -0.25) is 4.79 Å². The summed E-state index contributed by atoms with van der Waals surface area (Å²) in [5.41, 5.74) is 2.82. The van der Waals surface area contributed by atoms with Crippen molar-refractivity contribution in [3.05, 3.63) is 65.5 Å². The van der Waals surface area contributed by atoms with Crippen LogP contribution in [-0.4, -0.2) is 26.8 Å². The van der Waals surface area contributed by atoms with E-state index in [0.717, 1.165) is 49.0 Å². The highest BCUT2D eigenvalue weighted by Gasteiger charge is 2.34. The smallest absolute Gasteiger partial charge is 0.306 e. The maximum Gasteiger partial charge on any atom is 0.306 e. The zero-order chi connectivity index (χ0) is 22.5. The quantitative estimate of drug-likeness (QED) is 0.440. The fourth-order valence-electron chi connectivity index (χ4n) is 4.53. The van der Waals surface area contributed by atoms with E-state index in [0.29, 0.717) is 36.2 Å². The molecule has 0 heterocycles. The fraction of sp³-hybridized carbons (Fsp3) is 0.444. The van der Waals surface area contributed by atoms with Gasteiger partial charge in [0.1, 0.15) is 17.3 Å². The number of benzene rings is 2. The Balaban J connectivity index is 1.36. The molecule has 2 aromatic carbocycles. The predicted octanol–water partition coefficient (Wildman–Crippen LogP) is 6.15. The maximum atomic E-state index is 14.3. The van der Waals surface area contributed by atoms with E-state index in [4.69, 9.17) is 14.2 Å². The van der Waals surface area contributed by atoms with E-state index in [-0.39, 0.29) is 17.7 Å². The van der Waals surface area contributed by atoms with Crippen LogP contribution in [0.1, 0.15) is 55.6 Å². The SMILES string of the molecule is COC(=O)CC(c1cccc(OCC2CC=C(c3cc(OC)ccc3F)CC2)c1)C1CC1. The van der Waals surface area contributed by atoms with Gasteiger partial charge in [0, 0.05) is 5.56 Å². The molecule has 0 amide bonds. The Morgan fingerprint density at radius 3 is 2.62 bits per heavy atom. The lowest BCUT2D eigenvalue weighted by atomic mass is 9.87. The van der Waals surface area contributed by atoms with E-state index < -0.39 is 0 Å². The maximum absolute atomic E-state index is 14.3. The lowest BCUT2D eigenvalue weighted by molar-refractivity contribution is -0.141. The summed E-state index contributed by atoms with van der Waals surface area (Å²) >= 11 is 0. The van der Waals surface area contributed by atoms with Crippen LogP contribution in [-0.2, 0) is 9.53 Å². The van der Waals surface area contributed by atoms with Gasteiger partial charge in [-0.25, -0.2) is 4.39 Å². The van der Waals surface area contributed by atoms with Crippen molar-refractivity contribution in [1.29, 1.82) is 0 Å². The van der Waals surface area contributed by atoms with Crippen LogP contribution in [0.5, 0.6) is 11.5 Å². The Morgan fingerprint density at radius 1 is 1.09 bits per heavy atom. The Labute approximate surface area is 189 Å². The third-order valence-corrected chi connectivity index (χ3v) is 6.62. The molecule has 2 aliphatic carbocycles. The molecule has 4 rings (SSSR count). The third kappa shape index (κ3) is 5.50. The molecule has 0 radical (unpaired) electrons. The van der Waals surface area contributed by atoms with Crippen LogP contribution in [0.25, 0.3) is 5.57 Å². The standard InChI is InChI=1S/C27H31FO4/c1-30-22-12-13-26(28)25(15-22)20-8-6-18(7-9-20)17-32-23-5-3-4-21(14-23)24(19-10-11-19)16-27(29)31-2/h3-5,8,12-15,18-19,24H,6-7,9-11,16-17H2,1-2H3. The van der Waals surface area contributed by atoms with Crippen molar-refractivity contribution in [3.63, 3.8) is 0 Å². The van der Waals surface area contributed by atoms with Crippen LogP contribution in [0.4, 0.5) is 4.39 Å². The molecular formula is C27H31FO4. The first-order valence-corrected chi connectivity index (χ1v) is 11.4. The second-order valence-corrected chi connectivity index (χ2v) is 8.82. The lowest BCUT2D eigenvalue weighted by Crippen LogP contribution is -2.15. The average Bonchev–Trinajstić information content (AvgIpc) is 3.67. The molecule has 2 atom stereocenters. The highest BCUT2D eigenvalue weighted by molar-refractivity contribution is 5.70. The molecule has 0 saturated heterocycles.